The molecule has 4 heterocycles. The van der Waals surface area contributed by atoms with Gasteiger partial charge < -0.3 is 34.3 Å². The number of hydrogen-bond donors (Lipinski definition) is 2. The van der Waals surface area contributed by atoms with Crippen molar-refractivity contribution in [3.8, 4) is 17.2 Å². The first kappa shape index (κ1) is 33.6. The second-order valence-corrected chi connectivity index (χ2v) is 13.1. The minimum atomic E-state index is -0.359. The molecule has 1 aromatic carbocycles. The van der Waals surface area contributed by atoms with Gasteiger partial charge in [0.25, 0.3) is 11.5 Å². The Morgan fingerprint density at radius 2 is 1.73 bits per heavy atom. The van der Waals surface area contributed by atoms with Gasteiger partial charge >= 0.3 is 0 Å². The number of methoxy groups -OCH3 is 3. The van der Waals surface area contributed by atoms with Gasteiger partial charge in [-0.3, -0.25) is 19.3 Å². The van der Waals surface area contributed by atoms with E-state index in [1.54, 1.807) is 32.3 Å². The molecule has 258 valence electrons. The predicted molar refractivity (Wildman–Crippen MR) is 185 cm³/mol. The Morgan fingerprint density at radius 1 is 0.917 bits per heavy atom. The van der Waals surface area contributed by atoms with Gasteiger partial charge in [0.15, 0.2) is 11.5 Å². The van der Waals surface area contributed by atoms with Crippen LogP contribution in [0.1, 0.15) is 66.2 Å². The molecule has 2 aromatic heterocycles. The summed E-state index contributed by atoms with van der Waals surface area (Å²) in [7, 11) is 4.81. The Labute approximate surface area is 281 Å². The van der Waals surface area contributed by atoms with Crippen LogP contribution in [0.3, 0.4) is 0 Å². The number of hydrogen-bond acceptors (Lipinski definition) is 9. The smallest absolute Gasteiger partial charge is 0.261 e. The molecule has 1 aliphatic carbocycles. The fourth-order valence-corrected chi connectivity index (χ4v) is 7.39. The normalized spacial score (nSPS) is 19.4. The van der Waals surface area contributed by atoms with Crippen molar-refractivity contribution in [3.63, 3.8) is 0 Å². The molecule has 6 rings (SSSR count). The summed E-state index contributed by atoms with van der Waals surface area (Å²) in [5, 5.41) is 3.95. The van der Waals surface area contributed by atoms with Crippen LogP contribution in [0, 0.1) is 5.92 Å². The first-order chi connectivity index (χ1) is 23.3. The van der Waals surface area contributed by atoms with Gasteiger partial charge in [0.1, 0.15) is 11.4 Å². The minimum absolute atomic E-state index is 0.0934. The fourth-order valence-electron chi connectivity index (χ4n) is 7.39. The Hall–Kier alpha value is -4.32. The molecule has 2 N–H and O–H groups in total. The third kappa shape index (κ3) is 6.94. The number of carbonyl (C=O) groups excluding carboxylic acids is 2. The molecule has 2 aliphatic heterocycles. The third-order valence-electron chi connectivity index (χ3n) is 10.1. The molecule has 2 amide bonds. The van der Waals surface area contributed by atoms with Gasteiger partial charge in [-0.05, 0) is 68.7 Å². The predicted octanol–water partition coefficient (Wildman–Crippen LogP) is 3.53. The number of aromatic amines is 1. The number of nitrogens with zero attached hydrogens (tertiary/aromatic N) is 4. The van der Waals surface area contributed by atoms with Crippen molar-refractivity contribution in [1.29, 1.82) is 0 Å². The molecule has 1 fully saturated rings. The van der Waals surface area contributed by atoms with Crippen LogP contribution in [0.15, 0.2) is 23.0 Å². The molecule has 3 aromatic rings. The van der Waals surface area contributed by atoms with Gasteiger partial charge in [-0.15, -0.1) is 0 Å². The molecule has 12 nitrogen and oxygen atoms in total. The van der Waals surface area contributed by atoms with Gasteiger partial charge in [-0.2, -0.15) is 0 Å². The summed E-state index contributed by atoms with van der Waals surface area (Å²) in [4.78, 5) is 54.7. The lowest BCUT2D eigenvalue weighted by molar-refractivity contribution is -0.121. The molecule has 0 radical (unpaired) electrons. The first-order valence-corrected chi connectivity index (χ1v) is 17.2. The maximum absolute atomic E-state index is 14.0. The van der Waals surface area contributed by atoms with E-state index in [2.05, 4.69) is 33.1 Å². The fraction of sp³-hybridized carbons (Fsp3) is 0.556. The molecule has 0 spiro atoms. The Kier molecular flexibility index (Phi) is 10.4. The summed E-state index contributed by atoms with van der Waals surface area (Å²) in [6.07, 6.45) is 5.92. The van der Waals surface area contributed by atoms with E-state index < -0.39 is 0 Å². The molecule has 1 unspecified atom stereocenters. The highest BCUT2D eigenvalue weighted by molar-refractivity contribution is 5.94. The molecule has 0 saturated carbocycles. The number of pyridine rings is 2. The molecular weight excluding hydrogens is 612 g/mol. The van der Waals surface area contributed by atoms with Crippen LogP contribution in [0.25, 0.3) is 10.9 Å². The number of benzene rings is 1. The van der Waals surface area contributed by atoms with E-state index in [9.17, 15) is 14.4 Å². The Morgan fingerprint density at radius 3 is 2.50 bits per heavy atom. The number of piperidine rings is 1. The number of H-pyrrole nitrogens is 1. The van der Waals surface area contributed by atoms with Gasteiger partial charge in [-0.25, -0.2) is 4.98 Å². The van der Waals surface area contributed by atoms with E-state index >= 15 is 0 Å². The molecule has 12 heteroatoms. The molecule has 3 aliphatic rings. The lowest BCUT2D eigenvalue weighted by Gasteiger charge is -2.35. The number of fused-ring (bicyclic) bond motifs is 6. The number of amides is 2. The average Bonchev–Trinajstić information content (AvgIpc) is 3.11. The van der Waals surface area contributed by atoms with Crippen molar-refractivity contribution >= 4 is 28.5 Å². The lowest BCUT2D eigenvalue weighted by Crippen LogP contribution is -2.43. The maximum Gasteiger partial charge on any atom is 0.261 e. The van der Waals surface area contributed by atoms with Gasteiger partial charge in [0.05, 0.1) is 26.8 Å². The largest absolute Gasteiger partial charge is 0.493 e. The van der Waals surface area contributed by atoms with Crippen LogP contribution in [-0.2, 0) is 24.2 Å². The van der Waals surface area contributed by atoms with Crippen LogP contribution < -0.4 is 30.0 Å². The zero-order valence-corrected chi connectivity index (χ0v) is 28.7. The molecule has 1 saturated heterocycles. The van der Waals surface area contributed by atoms with Crippen LogP contribution in [0.4, 0.5) is 5.82 Å². The standard InChI is InChI=1S/C36H48N6O6/c1-5-40-15-16-41(36(45)27-17-24-10-6-7-11-28(24)39-35(27)44)14-12-31(43)37-20-23-9-8-13-42(21-23)34-25(22-40)18-26-29(38-34)19-30(46-2)33(48-4)32(26)47-3/h17-19,23H,5-16,20-22H2,1-4H3,(H,37,43)(H,39,44). The second kappa shape index (κ2) is 14.8. The molecule has 48 heavy (non-hydrogen) atoms. The second-order valence-electron chi connectivity index (χ2n) is 13.1. The summed E-state index contributed by atoms with van der Waals surface area (Å²) in [5.74, 6) is 2.35. The number of aryl methyl sites for hydroxylation is 2. The van der Waals surface area contributed by atoms with Crippen molar-refractivity contribution in [1.82, 2.24) is 25.1 Å². The van der Waals surface area contributed by atoms with Crippen LogP contribution in [-0.4, -0.2) is 98.7 Å². The summed E-state index contributed by atoms with van der Waals surface area (Å²) in [5.41, 5.74) is 3.55. The first-order valence-electron chi connectivity index (χ1n) is 17.2. The van der Waals surface area contributed by atoms with Crippen molar-refractivity contribution in [2.45, 2.75) is 58.4 Å². The van der Waals surface area contributed by atoms with E-state index in [0.717, 1.165) is 91.7 Å². The summed E-state index contributed by atoms with van der Waals surface area (Å²) >= 11 is 0. The van der Waals surface area contributed by atoms with Crippen molar-refractivity contribution < 1.29 is 23.8 Å². The summed E-state index contributed by atoms with van der Waals surface area (Å²) < 4.78 is 17.2. The minimum Gasteiger partial charge on any atom is -0.493 e. The van der Waals surface area contributed by atoms with E-state index in [0.29, 0.717) is 43.4 Å². The topological polar surface area (TPSA) is 129 Å². The number of aromatic nitrogens is 2. The number of anilines is 1. The Balaban J connectivity index is 1.37. The number of nitrogens with one attached hydrogen (secondary N) is 2. The molecule has 2 bridgehead atoms. The number of likely N-dealkylation sites (N-methyl/N-ethyl adjacent to an activating group) is 1. The van der Waals surface area contributed by atoms with E-state index in [1.165, 1.54) is 0 Å². The van der Waals surface area contributed by atoms with E-state index in [1.807, 2.05) is 6.07 Å². The van der Waals surface area contributed by atoms with Crippen molar-refractivity contribution in [2.24, 2.45) is 5.92 Å². The highest BCUT2D eigenvalue weighted by Crippen LogP contribution is 2.44. The quantitative estimate of drug-likeness (QED) is 0.422. The van der Waals surface area contributed by atoms with E-state index in [4.69, 9.17) is 19.2 Å². The highest BCUT2D eigenvalue weighted by atomic mass is 16.5. The summed E-state index contributed by atoms with van der Waals surface area (Å²) in [6.45, 7) is 6.76. The van der Waals surface area contributed by atoms with Crippen LogP contribution >= 0.6 is 0 Å². The van der Waals surface area contributed by atoms with Crippen LogP contribution in [0.2, 0.25) is 0 Å². The van der Waals surface area contributed by atoms with Gasteiger partial charge in [-0.1, -0.05) is 6.92 Å². The molecular formula is C36H48N6O6. The van der Waals surface area contributed by atoms with Crippen molar-refractivity contribution in [2.75, 3.05) is 72.0 Å². The Bertz CT molecular complexity index is 1720. The number of carbonyl (C=O) groups is 2. The zero-order valence-electron chi connectivity index (χ0n) is 28.7. The number of ether oxygens (including phenoxy) is 3. The van der Waals surface area contributed by atoms with E-state index in [-0.39, 0.29) is 41.8 Å². The van der Waals surface area contributed by atoms with Crippen molar-refractivity contribution in [3.05, 3.63) is 50.9 Å². The monoisotopic (exact) mass is 660 g/mol. The zero-order chi connectivity index (χ0) is 33.8. The summed E-state index contributed by atoms with van der Waals surface area (Å²) in [6, 6.07) is 5.80. The average molecular weight is 661 g/mol. The van der Waals surface area contributed by atoms with Gasteiger partial charge in [0.2, 0.25) is 11.7 Å². The lowest BCUT2D eigenvalue weighted by atomic mass is 9.95. The highest BCUT2D eigenvalue weighted by Gasteiger charge is 2.28. The number of rotatable bonds is 5. The molecule has 1 atom stereocenters. The van der Waals surface area contributed by atoms with Crippen LogP contribution in [0.5, 0.6) is 17.2 Å². The third-order valence-corrected chi connectivity index (χ3v) is 10.1. The maximum atomic E-state index is 14.0. The van der Waals surface area contributed by atoms with Gasteiger partial charge in [0, 0.05) is 74.9 Å². The SMILES string of the molecule is CCN1CCN(C(=O)c2cc3c([nH]c2=O)CCCC3)CCC(=O)NCC2CCCN(C2)c2nc3cc(OC)c(OC)c(OC)c3cc2C1.